The number of hydrogen-bond acceptors (Lipinski definition) is 3. The zero-order chi connectivity index (χ0) is 34.8. The molecule has 0 fully saturated rings. The SMILES string of the molecule is Cc1cc(C)c(C)c(-c2cnn(-c3cc(Oc4ccc5c6ccccc6n(-c6cc(C(C)(C)C)ccn6)c5c4)cc(C(C)(C)C)c3)c2)c1C. The third-order valence-corrected chi connectivity index (χ3v) is 9.98. The average molecular weight is 647 g/mol. The highest BCUT2D eigenvalue weighted by Crippen LogP contribution is 2.38. The minimum absolute atomic E-state index is 0.00643. The van der Waals surface area contributed by atoms with E-state index in [1.54, 1.807) is 0 Å². The normalized spacial score (nSPS) is 12.3. The topological polar surface area (TPSA) is 44.9 Å². The van der Waals surface area contributed by atoms with Crippen molar-refractivity contribution in [1.82, 2.24) is 19.3 Å². The molecule has 49 heavy (non-hydrogen) atoms. The fourth-order valence-electron chi connectivity index (χ4n) is 6.85. The predicted octanol–water partition coefficient (Wildman–Crippen LogP) is 11.7. The lowest BCUT2D eigenvalue weighted by molar-refractivity contribution is 0.478. The van der Waals surface area contributed by atoms with Crippen molar-refractivity contribution in [2.45, 2.75) is 80.1 Å². The first kappa shape index (κ1) is 32.4. The smallest absolute Gasteiger partial charge is 0.137 e. The highest BCUT2D eigenvalue weighted by Gasteiger charge is 2.21. The Bertz CT molecular complexity index is 2350. The molecule has 0 aliphatic carbocycles. The van der Waals surface area contributed by atoms with Crippen LogP contribution in [0.15, 0.2) is 97.5 Å². The zero-order valence-corrected chi connectivity index (χ0v) is 30.4. The first-order valence-corrected chi connectivity index (χ1v) is 17.2. The Kier molecular flexibility index (Phi) is 7.78. The van der Waals surface area contributed by atoms with Crippen molar-refractivity contribution >= 4 is 21.8 Å². The summed E-state index contributed by atoms with van der Waals surface area (Å²) in [5, 5.41) is 7.21. The van der Waals surface area contributed by atoms with Crippen molar-refractivity contribution in [3.05, 3.63) is 131 Å². The van der Waals surface area contributed by atoms with E-state index in [9.17, 15) is 0 Å². The molecular weight excluding hydrogens is 601 g/mol. The molecule has 5 heteroatoms. The molecule has 0 radical (unpaired) electrons. The van der Waals surface area contributed by atoms with Gasteiger partial charge in [0.2, 0.25) is 0 Å². The van der Waals surface area contributed by atoms with E-state index in [0.717, 1.165) is 45.0 Å². The molecule has 0 atom stereocenters. The summed E-state index contributed by atoms with van der Waals surface area (Å²) >= 11 is 0. The average Bonchev–Trinajstić information content (AvgIpc) is 3.66. The van der Waals surface area contributed by atoms with Gasteiger partial charge in [0.05, 0.1) is 22.9 Å². The first-order valence-electron chi connectivity index (χ1n) is 17.2. The number of hydrogen-bond donors (Lipinski definition) is 0. The van der Waals surface area contributed by atoms with E-state index < -0.39 is 0 Å². The summed E-state index contributed by atoms with van der Waals surface area (Å²) in [7, 11) is 0. The van der Waals surface area contributed by atoms with E-state index in [-0.39, 0.29) is 10.8 Å². The van der Waals surface area contributed by atoms with Gasteiger partial charge in [0.25, 0.3) is 0 Å². The minimum Gasteiger partial charge on any atom is -0.457 e. The van der Waals surface area contributed by atoms with Gasteiger partial charge in [-0.1, -0.05) is 65.8 Å². The van der Waals surface area contributed by atoms with E-state index in [2.05, 4.69) is 159 Å². The second kappa shape index (κ2) is 11.8. The largest absolute Gasteiger partial charge is 0.457 e. The fraction of sp³-hybridized carbons (Fsp3) is 0.273. The van der Waals surface area contributed by atoms with Crippen LogP contribution in [0.2, 0.25) is 0 Å². The number of pyridine rings is 1. The van der Waals surface area contributed by atoms with E-state index in [1.807, 2.05) is 17.1 Å². The van der Waals surface area contributed by atoms with E-state index >= 15 is 0 Å². The molecule has 0 aliphatic rings. The summed E-state index contributed by atoms with van der Waals surface area (Å²) in [6, 6.07) is 28.0. The lowest BCUT2D eigenvalue weighted by Crippen LogP contribution is -2.12. The maximum absolute atomic E-state index is 6.74. The van der Waals surface area contributed by atoms with Crippen LogP contribution in [0.1, 0.15) is 74.9 Å². The van der Waals surface area contributed by atoms with Crippen molar-refractivity contribution in [3.8, 4) is 34.1 Å². The number of benzene rings is 4. The molecule has 0 unspecified atom stereocenters. The molecule has 4 aromatic carbocycles. The van der Waals surface area contributed by atoms with Crippen molar-refractivity contribution in [3.63, 3.8) is 0 Å². The summed E-state index contributed by atoms with van der Waals surface area (Å²) in [5.74, 6) is 2.44. The molecule has 7 rings (SSSR count). The van der Waals surface area contributed by atoms with Crippen molar-refractivity contribution < 1.29 is 4.74 Å². The molecule has 5 nitrogen and oxygen atoms in total. The minimum atomic E-state index is -0.0922. The van der Waals surface area contributed by atoms with Gasteiger partial charge in [0, 0.05) is 40.9 Å². The second-order valence-electron chi connectivity index (χ2n) is 15.6. The van der Waals surface area contributed by atoms with Gasteiger partial charge in [0.15, 0.2) is 0 Å². The number of aryl methyl sites for hydroxylation is 2. The molecule has 0 aliphatic heterocycles. The van der Waals surface area contributed by atoms with E-state index in [4.69, 9.17) is 14.8 Å². The maximum atomic E-state index is 6.74. The maximum Gasteiger partial charge on any atom is 0.137 e. The Hall–Kier alpha value is -5.16. The molecule has 7 aromatic rings. The standard InChI is InChI=1S/C44H46N4O/c1-27-19-28(2)30(4)42(29(27)3)31-25-46-47(26-31)34-20-33(44(8,9)10)21-36(23-34)49-35-15-16-38-37-13-11-12-14-39(37)48(40(38)24-35)41-22-32(17-18-45-41)43(5,6)7/h11-26H,1-10H3. The summed E-state index contributed by atoms with van der Waals surface area (Å²) < 4.78 is 11.0. The van der Waals surface area contributed by atoms with E-state index in [0.29, 0.717) is 0 Å². The molecule has 0 bridgehead atoms. The highest BCUT2D eigenvalue weighted by molar-refractivity contribution is 6.09. The molecule has 3 heterocycles. The monoisotopic (exact) mass is 646 g/mol. The van der Waals surface area contributed by atoms with Gasteiger partial charge in [-0.25, -0.2) is 9.67 Å². The number of ether oxygens (including phenoxy) is 1. The molecule has 3 aromatic heterocycles. The Morgan fingerprint density at radius 1 is 0.633 bits per heavy atom. The molecule has 0 saturated carbocycles. The number of rotatable bonds is 5. The lowest BCUT2D eigenvalue weighted by Gasteiger charge is -2.21. The lowest BCUT2D eigenvalue weighted by atomic mass is 9.86. The molecule has 248 valence electrons. The number of para-hydroxylation sites is 1. The van der Waals surface area contributed by atoms with Gasteiger partial charge in [-0.3, -0.25) is 4.57 Å². The van der Waals surface area contributed by atoms with Gasteiger partial charge in [-0.2, -0.15) is 5.10 Å². The molecule has 0 saturated heterocycles. The van der Waals surface area contributed by atoms with Crippen LogP contribution >= 0.6 is 0 Å². The second-order valence-corrected chi connectivity index (χ2v) is 15.6. The highest BCUT2D eigenvalue weighted by atomic mass is 16.5. The molecule has 0 N–H and O–H groups in total. The number of aromatic nitrogens is 4. The molecule has 0 amide bonds. The Balaban J connectivity index is 1.33. The predicted molar refractivity (Wildman–Crippen MR) is 204 cm³/mol. The first-order chi connectivity index (χ1) is 23.2. The van der Waals surface area contributed by atoms with Crippen LogP contribution in [0.25, 0.3) is 44.4 Å². The van der Waals surface area contributed by atoms with Crippen LogP contribution in [0.5, 0.6) is 11.5 Å². The summed E-state index contributed by atoms with van der Waals surface area (Å²) in [6.07, 6.45) is 6.04. The van der Waals surface area contributed by atoms with Gasteiger partial charge in [-0.05, 0) is 120 Å². The zero-order valence-electron chi connectivity index (χ0n) is 30.4. The van der Waals surface area contributed by atoms with Crippen molar-refractivity contribution in [2.24, 2.45) is 0 Å². The van der Waals surface area contributed by atoms with Crippen molar-refractivity contribution in [2.75, 3.05) is 0 Å². The van der Waals surface area contributed by atoms with Crippen LogP contribution in [-0.4, -0.2) is 19.3 Å². The summed E-state index contributed by atoms with van der Waals surface area (Å²) in [5.41, 5.74) is 13.0. The van der Waals surface area contributed by atoms with Gasteiger partial charge >= 0.3 is 0 Å². The van der Waals surface area contributed by atoms with Crippen molar-refractivity contribution in [1.29, 1.82) is 0 Å². The van der Waals surface area contributed by atoms with E-state index in [1.165, 1.54) is 44.3 Å². The number of nitrogens with zero attached hydrogens (tertiary/aromatic N) is 4. The van der Waals surface area contributed by atoms with Crippen LogP contribution in [-0.2, 0) is 10.8 Å². The number of fused-ring (bicyclic) bond motifs is 3. The molecule has 0 spiro atoms. The third kappa shape index (κ3) is 5.92. The van der Waals surface area contributed by atoms with Gasteiger partial charge in [0.1, 0.15) is 17.3 Å². The Morgan fingerprint density at radius 3 is 2.04 bits per heavy atom. The summed E-state index contributed by atoms with van der Waals surface area (Å²) in [4.78, 5) is 4.85. The van der Waals surface area contributed by atoms with Gasteiger partial charge in [-0.15, -0.1) is 0 Å². The van der Waals surface area contributed by atoms with Crippen LogP contribution in [0.4, 0.5) is 0 Å². The Labute approximate surface area is 290 Å². The van der Waals surface area contributed by atoms with Crippen LogP contribution < -0.4 is 4.74 Å². The Morgan fingerprint density at radius 2 is 1.33 bits per heavy atom. The third-order valence-electron chi connectivity index (χ3n) is 9.98. The molecular formula is C44H46N4O. The summed E-state index contributed by atoms with van der Waals surface area (Å²) in [6.45, 7) is 22.2. The van der Waals surface area contributed by atoms with Crippen LogP contribution in [0, 0.1) is 27.7 Å². The fourth-order valence-corrected chi connectivity index (χ4v) is 6.85. The van der Waals surface area contributed by atoms with Gasteiger partial charge < -0.3 is 4.74 Å². The quantitative estimate of drug-likeness (QED) is 0.187. The van der Waals surface area contributed by atoms with Crippen LogP contribution in [0.3, 0.4) is 0 Å².